The van der Waals surface area contributed by atoms with E-state index in [4.69, 9.17) is 5.73 Å². The van der Waals surface area contributed by atoms with Crippen LogP contribution in [-0.2, 0) is 10.0 Å². The van der Waals surface area contributed by atoms with Gasteiger partial charge in [0.15, 0.2) is 0 Å². The van der Waals surface area contributed by atoms with Crippen molar-refractivity contribution in [1.82, 2.24) is 4.72 Å². The standard InChI is InChI=1S/C14H16FN3O2S/c1-9-4-3-5-11(15)14(9)18-13-8-10(6-7-12(13)16)21(19,20)17-2/h3-8,17-18H,16H2,1-2H3. The van der Waals surface area contributed by atoms with Gasteiger partial charge < -0.3 is 11.1 Å². The van der Waals surface area contributed by atoms with Crippen molar-refractivity contribution in [3.8, 4) is 0 Å². The zero-order valence-corrected chi connectivity index (χ0v) is 12.5. The minimum atomic E-state index is -3.59. The minimum absolute atomic E-state index is 0.0516. The summed E-state index contributed by atoms with van der Waals surface area (Å²) in [4.78, 5) is 0.0516. The van der Waals surface area contributed by atoms with Crippen LogP contribution in [0.2, 0.25) is 0 Å². The van der Waals surface area contributed by atoms with Crippen molar-refractivity contribution in [3.63, 3.8) is 0 Å². The molecule has 4 N–H and O–H groups in total. The summed E-state index contributed by atoms with van der Waals surface area (Å²) in [5.74, 6) is -0.434. The zero-order chi connectivity index (χ0) is 15.6. The summed E-state index contributed by atoms with van der Waals surface area (Å²) in [5, 5.41) is 2.85. The maximum atomic E-state index is 13.8. The lowest BCUT2D eigenvalue weighted by Crippen LogP contribution is -2.18. The fourth-order valence-corrected chi connectivity index (χ4v) is 2.61. The predicted molar refractivity (Wildman–Crippen MR) is 81.5 cm³/mol. The molecule has 2 rings (SSSR count). The Labute approximate surface area is 123 Å². The number of para-hydroxylation sites is 1. The van der Waals surface area contributed by atoms with Crippen LogP contribution in [0.25, 0.3) is 0 Å². The minimum Gasteiger partial charge on any atom is -0.397 e. The number of rotatable bonds is 4. The number of hydrogen-bond acceptors (Lipinski definition) is 4. The summed E-state index contributed by atoms with van der Waals surface area (Å²) in [6, 6.07) is 8.88. The van der Waals surface area contributed by atoms with Crippen molar-refractivity contribution in [3.05, 3.63) is 47.8 Å². The van der Waals surface area contributed by atoms with E-state index in [9.17, 15) is 12.8 Å². The van der Waals surface area contributed by atoms with Crippen LogP contribution in [0.5, 0.6) is 0 Å². The summed E-state index contributed by atoms with van der Waals surface area (Å²) in [5.41, 5.74) is 7.44. The van der Waals surface area contributed by atoms with Gasteiger partial charge in [-0.25, -0.2) is 17.5 Å². The number of nitrogen functional groups attached to an aromatic ring is 1. The van der Waals surface area contributed by atoms with Gasteiger partial charge in [-0.1, -0.05) is 12.1 Å². The Kier molecular flexibility index (Phi) is 4.15. The summed E-state index contributed by atoms with van der Waals surface area (Å²) in [6.07, 6.45) is 0. The van der Waals surface area contributed by atoms with Crippen molar-refractivity contribution in [2.45, 2.75) is 11.8 Å². The highest BCUT2D eigenvalue weighted by Gasteiger charge is 2.14. The van der Waals surface area contributed by atoms with Crippen molar-refractivity contribution >= 4 is 27.1 Å². The lowest BCUT2D eigenvalue weighted by molar-refractivity contribution is 0.588. The quantitative estimate of drug-likeness (QED) is 0.757. The van der Waals surface area contributed by atoms with Crippen molar-refractivity contribution in [1.29, 1.82) is 0 Å². The summed E-state index contributed by atoms with van der Waals surface area (Å²) < 4.78 is 39.6. The van der Waals surface area contributed by atoms with Gasteiger partial charge in [0.05, 0.1) is 22.0 Å². The molecule has 0 spiro atoms. The second-order valence-corrected chi connectivity index (χ2v) is 6.40. The van der Waals surface area contributed by atoms with Crippen LogP contribution in [0.4, 0.5) is 21.5 Å². The van der Waals surface area contributed by atoms with Crippen molar-refractivity contribution in [2.24, 2.45) is 0 Å². The number of benzene rings is 2. The van der Waals surface area contributed by atoms with Crippen LogP contribution >= 0.6 is 0 Å². The first kappa shape index (κ1) is 15.3. The highest BCUT2D eigenvalue weighted by molar-refractivity contribution is 7.89. The number of anilines is 3. The van der Waals surface area contributed by atoms with E-state index in [-0.39, 0.29) is 10.6 Å². The van der Waals surface area contributed by atoms with E-state index in [1.807, 2.05) is 0 Å². The molecule has 21 heavy (non-hydrogen) atoms. The zero-order valence-electron chi connectivity index (χ0n) is 11.6. The Hall–Kier alpha value is -2.12. The number of hydrogen-bond donors (Lipinski definition) is 3. The van der Waals surface area contributed by atoms with E-state index in [0.29, 0.717) is 16.9 Å². The van der Waals surface area contributed by atoms with Crippen LogP contribution in [-0.4, -0.2) is 15.5 Å². The van der Waals surface area contributed by atoms with Crippen molar-refractivity contribution in [2.75, 3.05) is 18.1 Å². The van der Waals surface area contributed by atoms with E-state index < -0.39 is 15.8 Å². The average Bonchev–Trinajstić information content (AvgIpc) is 2.44. The third kappa shape index (κ3) is 3.14. The van der Waals surface area contributed by atoms with Gasteiger partial charge in [0.2, 0.25) is 10.0 Å². The molecule has 0 aliphatic rings. The predicted octanol–water partition coefficient (Wildman–Crippen LogP) is 2.37. The number of nitrogens with one attached hydrogen (secondary N) is 2. The maximum Gasteiger partial charge on any atom is 0.240 e. The lowest BCUT2D eigenvalue weighted by Gasteiger charge is -2.14. The molecular weight excluding hydrogens is 293 g/mol. The van der Waals surface area contributed by atoms with Crippen LogP contribution in [0, 0.1) is 12.7 Å². The molecule has 0 aromatic heterocycles. The fourth-order valence-electron chi connectivity index (χ4n) is 1.85. The fraction of sp³-hybridized carbons (Fsp3) is 0.143. The van der Waals surface area contributed by atoms with Crippen LogP contribution in [0.3, 0.4) is 0 Å². The number of aryl methyl sites for hydroxylation is 1. The number of nitrogens with two attached hydrogens (primary N) is 1. The average molecular weight is 309 g/mol. The lowest BCUT2D eigenvalue weighted by atomic mass is 10.1. The Morgan fingerprint density at radius 2 is 1.90 bits per heavy atom. The molecule has 0 fully saturated rings. The highest BCUT2D eigenvalue weighted by atomic mass is 32.2. The maximum absolute atomic E-state index is 13.8. The normalized spacial score (nSPS) is 11.4. The number of halogens is 1. The summed E-state index contributed by atoms with van der Waals surface area (Å²) in [7, 11) is -2.27. The molecule has 0 bridgehead atoms. The van der Waals surface area contributed by atoms with E-state index >= 15 is 0 Å². The third-order valence-corrected chi connectivity index (χ3v) is 4.50. The molecule has 0 amide bonds. The van der Waals surface area contributed by atoms with E-state index in [1.54, 1.807) is 19.1 Å². The molecule has 7 heteroatoms. The molecule has 2 aromatic rings. The Morgan fingerprint density at radius 1 is 1.19 bits per heavy atom. The molecule has 0 atom stereocenters. The first-order valence-corrected chi connectivity index (χ1v) is 7.68. The van der Waals surface area contributed by atoms with Crippen LogP contribution < -0.4 is 15.8 Å². The molecule has 0 aliphatic carbocycles. The van der Waals surface area contributed by atoms with Gasteiger partial charge in [0, 0.05) is 0 Å². The van der Waals surface area contributed by atoms with Gasteiger partial charge in [-0.3, -0.25) is 0 Å². The third-order valence-electron chi connectivity index (χ3n) is 3.09. The highest BCUT2D eigenvalue weighted by Crippen LogP contribution is 2.29. The topological polar surface area (TPSA) is 84.2 Å². The largest absolute Gasteiger partial charge is 0.397 e. The first-order valence-electron chi connectivity index (χ1n) is 6.20. The molecule has 0 saturated carbocycles. The molecule has 112 valence electrons. The molecule has 0 radical (unpaired) electrons. The van der Waals surface area contributed by atoms with Gasteiger partial charge in [0.1, 0.15) is 5.82 Å². The van der Waals surface area contributed by atoms with Crippen LogP contribution in [0.1, 0.15) is 5.56 Å². The Bertz CT molecular complexity index is 756. The van der Waals surface area contributed by atoms with Gasteiger partial charge in [0.25, 0.3) is 0 Å². The van der Waals surface area contributed by atoms with Crippen molar-refractivity contribution < 1.29 is 12.8 Å². The second-order valence-electron chi connectivity index (χ2n) is 4.51. The molecular formula is C14H16FN3O2S. The summed E-state index contributed by atoms with van der Waals surface area (Å²) in [6.45, 7) is 1.75. The SMILES string of the molecule is CNS(=O)(=O)c1ccc(N)c(Nc2c(C)cccc2F)c1. The molecule has 2 aromatic carbocycles. The second kappa shape index (κ2) is 5.71. The first-order chi connectivity index (χ1) is 9.85. The molecule has 0 heterocycles. The Morgan fingerprint density at radius 3 is 2.52 bits per heavy atom. The van der Waals surface area contributed by atoms with Gasteiger partial charge in [-0.05, 0) is 43.8 Å². The van der Waals surface area contributed by atoms with E-state index in [1.165, 1.54) is 31.3 Å². The number of sulfonamides is 1. The van der Waals surface area contributed by atoms with Crippen LogP contribution in [0.15, 0.2) is 41.3 Å². The molecule has 0 aliphatic heterocycles. The molecule has 0 saturated heterocycles. The van der Waals surface area contributed by atoms with E-state index in [2.05, 4.69) is 10.0 Å². The summed E-state index contributed by atoms with van der Waals surface area (Å²) >= 11 is 0. The monoisotopic (exact) mass is 309 g/mol. The van der Waals surface area contributed by atoms with Gasteiger partial charge in [-0.2, -0.15) is 0 Å². The molecule has 0 unspecified atom stereocenters. The van der Waals surface area contributed by atoms with Gasteiger partial charge >= 0.3 is 0 Å². The molecule has 5 nitrogen and oxygen atoms in total. The Balaban J connectivity index is 2.48. The smallest absolute Gasteiger partial charge is 0.240 e. The van der Waals surface area contributed by atoms with E-state index in [0.717, 1.165) is 0 Å². The van der Waals surface area contributed by atoms with Gasteiger partial charge in [-0.15, -0.1) is 0 Å².